The molecule has 5 heteroatoms. The molecule has 1 aliphatic carbocycles. The van der Waals surface area contributed by atoms with Crippen molar-refractivity contribution in [1.29, 1.82) is 0 Å². The van der Waals surface area contributed by atoms with Crippen LogP contribution in [0.1, 0.15) is 39.9 Å². The van der Waals surface area contributed by atoms with E-state index in [0.29, 0.717) is 23.7 Å². The van der Waals surface area contributed by atoms with Crippen molar-refractivity contribution in [3.63, 3.8) is 0 Å². The molecule has 178 valence electrons. The van der Waals surface area contributed by atoms with E-state index in [0.717, 1.165) is 30.2 Å². The van der Waals surface area contributed by atoms with E-state index in [1.165, 1.54) is 30.4 Å². The van der Waals surface area contributed by atoms with Crippen molar-refractivity contribution >= 4 is 5.97 Å². The zero-order valence-corrected chi connectivity index (χ0v) is 20.3. The average molecular weight is 460 g/mol. The fourth-order valence-electron chi connectivity index (χ4n) is 4.30. The molecule has 0 saturated heterocycles. The molecule has 0 heterocycles. The summed E-state index contributed by atoms with van der Waals surface area (Å²) < 4.78 is 16.6. The summed E-state index contributed by atoms with van der Waals surface area (Å²) in [6.07, 6.45) is 4.80. The Kier molecular flexibility index (Phi) is 7.86. The van der Waals surface area contributed by atoms with Crippen LogP contribution in [0.5, 0.6) is 17.2 Å². The minimum atomic E-state index is -0.398. The van der Waals surface area contributed by atoms with E-state index < -0.39 is 5.97 Å². The van der Waals surface area contributed by atoms with Gasteiger partial charge in [0.05, 0.1) is 12.7 Å². The van der Waals surface area contributed by atoms with Gasteiger partial charge in [0.2, 0.25) is 0 Å². The lowest BCUT2D eigenvalue weighted by molar-refractivity contribution is 0.0734. The lowest BCUT2D eigenvalue weighted by Gasteiger charge is -2.26. The Morgan fingerprint density at radius 2 is 1.62 bits per heavy atom. The molecule has 5 nitrogen and oxygen atoms in total. The minimum Gasteiger partial charge on any atom is -0.497 e. The van der Waals surface area contributed by atoms with Crippen molar-refractivity contribution < 1.29 is 19.0 Å². The normalized spacial score (nSPS) is 15.0. The molecule has 0 saturated carbocycles. The highest BCUT2D eigenvalue weighted by atomic mass is 16.5. The second-order valence-corrected chi connectivity index (χ2v) is 9.18. The van der Waals surface area contributed by atoms with E-state index >= 15 is 0 Å². The van der Waals surface area contributed by atoms with Gasteiger partial charge in [-0.1, -0.05) is 18.2 Å². The summed E-state index contributed by atoms with van der Waals surface area (Å²) in [4.78, 5) is 14.6. The summed E-state index contributed by atoms with van der Waals surface area (Å²) in [5.74, 6) is 2.48. The number of benzene rings is 3. The highest BCUT2D eigenvalue weighted by Crippen LogP contribution is 2.30. The van der Waals surface area contributed by atoms with Crippen molar-refractivity contribution in [2.75, 3.05) is 27.7 Å². The Morgan fingerprint density at radius 1 is 0.912 bits per heavy atom. The van der Waals surface area contributed by atoms with E-state index in [-0.39, 0.29) is 0 Å². The third-order valence-corrected chi connectivity index (χ3v) is 6.36. The van der Waals surface area contributed by atoms with E-state index in [4.69, 9.17) is 14.2 Å². The van der Waals surface area contributed by atoms with Gasteiger partial charge >= 0.3 is 5.97 Å². The van der Waals surface area contributed by atoms with Crippen molar-refractivity contribution in [3.05, 3.63) is 89.0 Å². The summed E-state index contributed by atoms with van der Waals surface area (Å²) in [5, 5.41) is 0. The van der Waals surface area contributed by atoms with Gasteiger partial charge < -0.3 is 19.1 Å². The zero-order chi connectivity index (χ0) is 23.9. The van der Waals surface area contributed by atoms with Crippen molar-refractivity contribution in [3.8, 4) is 17.2 Å². The topological polar surface area (TPSA) is 48.0 Å². The zero-order valence-electron chi connectivity index (χ0n) is 20.3. The maximum absolute atomic E-state index is 12.3. The first-order valence-electron chi connectivity index (χ1n) is 11.8. The number of carbonyl (C=O) groups excluding carboxylic acids is 1. The maximum atomic E-state index is 12.3. The first-order chi connectivity index (χ1) is 16.5. The average Bonchev–Trinajstić information content (AvgIpc) is 2.87. The molecule has 3 aromatic carbocycles. The molecular formula is C29H33NO4. The molecule has 0 amide bonds. The van der Waals surface area contributed by atoms with Gasteiger partial charge in [0, 0.05) is 0 Å². The monoisotopic (exact) mass is 459 g/mol. The number of methoxy groups -OCH3 is 1. The van der Waals surface area contributed by atoms with Gasteiger partial charge in [0.1, 0.15) is 23.9 Å². The molecule has 0 radical (unpaired) electrons. The van der Waals surface area contributed by atoms with Gasteiger partial charge in [0.15, 0.2) is 0 Å². The van der Waals surface area contributed by atoms with E-state index in [1.807, 2.05) is 12.1 Å². The number of hydrogen-bond acceptors (Lipinski definition) is 5. The first-order valence-corrected chi connectivity index (χ1v) is 11.8. The third kappa shape index (κ3) is 6.39. The fourth-order valence-corrected chi connectivity index (χ4v) is 4.30. The van der Waals surface area contributed by atoms with Crippen LogP contribution in [0.15, 0.2) is 66.7 Å². The van der Waals surface area contributed by atoms with E-state index in [9.17, 15) is 4.79 Å². The molecular weight excluding hydrogens is 426 g/mol. The number of rotatable bonds is 9. The molecule has 34 heavy (non-hydrogen) atoms. The van der Waals surface area contributed by atoms with Crippen molar-refractivity contribution in [2.24, 2.45) is 5.92 Å². The summed E-state index contributed by atoms with van der Waals surface area (Å²) in [6.45, 7) is 1.62. The first kappa shape index (κ1) is 23.8. The Hall–Kier alpha value is -3.31. The Labute approximate surface area is 202 Å². The highest BCUT2D eigenvalue weighted by Gasteiger charge is 2.19. The van der Waals surface area contributed by atoms with Crippen molar-refractivity contribution in [2.45, 2.75) is 32.3 Å². The number of fused-ring (bicyclic) bond motifs is 1. The van der Waals surface area contributed by atoms with Crippen LogP contribution in [0.2, 0.25) is 0 Å². The van der Waals surface area contributed by atoms with E-state index in [2.05, 4.69) is 37.2 Å². The van der Waals surface area contributed by atoms with Gasteiger partial charge in [-0.15, -0.1) is 0 Å². The van der Waals surface area contributed by atoms with Crippen LogP contribution >= 0.6 is 0 Å². The molecule has 1 aliphatic rings. The Morgan fingerprint density at radius 3 is 2.32 bits per heavy atom. The molecule has 4 rings (SSSR count). The predicted octanol–water partition coefficient (Wildman–Crippen LogP) is 5.55. The van der Waals surface area contributed by atoms with Gasteiger partial charge in [-0.05, 0) is 117 Å². The second-order valence-electron chi connectivity index (χ2n) is 9.18. The quantitative estimate of drug-likeness (QED) is 0.310. The molecule has 0 spiro atoms. The molecule has 0 fully saturated rings. The molecule has 1 atom stereocenters. The number of carbonyl (C=O) groups is 1. The summed E-state index contributed by atoms with van der Waals surface area (Å²) in [6, 6.07) is 20.8. The fraction of sp³-hybridized carbons (Fsp3) is 0.345. The second kappa shape index (κ2) is 11.2. The molecule has 0 N–H and O–H groups in total. The number of nitrogens with zero attached hydrogens (tertiary/aromatic N) is 1. The molecule has 0 bridgehead atoms. The number of esters is 1. The minimum absolute atomic E-state index is 0.398. The largest absolute Gasteiger partial charge is 0.497 e. The van der Waals surface area contributed by atoms with Crippen LogP contribution in [0.25, 0.3) is 0 Å². The summed E-state index contributed by atoms with van der Waals surface area (Å²) in [7, 11) is 5.87. The van der Waals surface area contributed by atoms with Crippen LogP contribution < -0.4 is 14.2 Å². The van der Waals surface area contributed by atoms with Crippen LogP contribution in [-0.2, 0) is 19.4 Å². The summed E-state index contributed by atoms with van der Waals surface area (Å²) in [5.41, 5.74) is 4.38. The van der Waals surface area contributed by atoms with Crippen LogP contribution in [0, 0.1) is 5.92 Å². The number of hydrogen-bond donors (Lipinski definition) is 0. The van der Waals surface area contributed by atoms with Crippen molar-refractivity contribution in [1.82, 2.24) is 4.90 Å². The SMILES string of the molecule is COc1ccc(C(=O)Oc2ccc(COc3ccc4c(c3)CCC(CCN(C)C)C4)cc2)cc1. The van der Waals surface area contributed by atoms with Gasteiger partial charge in [-0.2, -0.15) is 0 Å². The Balaban J connectivity index is 1.28. The third-order valence-electron chi connectivity index (χ3n) is 6.36. The van der Waals surface area contributed by atoms with Gasteiger partial charge in [0.25, 0.3) is 0 Å². The maximum Gasteiger partial charge on any atom is 0.343 e. The number of ether oxygens (including phenoxy) is 3. The summed E-state index contributed by atoms with van der Waals surface area (Å²) >= 11 is 0. The van der Waals surface area contributed by atoms with Crippen LogP contribution in [0.3, 0.4) is 0 Å². The van der Waals surface area contributed by atoms with Crippen LogP contribution in [0.4, 0.5) is 0 Å². The molecule has 3 aromatic rings. The Bertz CT molecular complexity index is 1090. The molecule has 1 unspecified atom stereocenters. The number of aryl methyl sites for hydroxylation is 1. The lowest BCUT2D eigenvalue weighted by atomic mass is 9.82. The van der Waals surface area contributed by atoms with Gasteiger partial charge in [-0.25, -0.2) is 4.79 Å². The van der Waals surface area contributed by atoms with Gasteiger partial charge in [-0.3, -0.25) is 0 Å². The highest BCUT2D eigenvalue weighted by molar-refractivity contribution is 5.91. The van der Waals surface area contributed by atoms with Crippen LogP contribution in [-0.4, -0.2) is 38.6 Å². The smallest absolute Gasteiger partial charge is 0.343 e. The molecule has 0 aromatic heterocycles. The van der Waals surface area contributed by atoms with E-state index in [1.54, 1.807) is 43.5 Å². The standard InChI is InChI=1S/C29H33NO4/c1-30(2)17-16-21-4-7-25-19-28(15-10-24(25)18-21)33-20-22-5-11-27(12-6-22)34-29(31)23-8-13-26(32-3)14-9-23/h5-6,8-15,19,21H,4,7,16-18,20H2,1-3H3. The molecule has 0 aliphatic heterocycles. The predicted molar refractivity (Wildman–Crippen MR) is 134 cm³/mol. The lowest BCUT2D eigenvalue weighted by Crippen LogP contribution is -2.21.